The lowest BCUT2D eigenvalue weighted by Gasteiger charge is -2.07. The molecule has 0 aliphatic rings. The molecule has 0 aromatic rings. The molecule has 130 valence electrons. The third-order valence-corrected chi connectivity index (χ3v) is 2.11. The van der Waals surface area contributed by atoms with Gasteiger partial charge in [0, 0.05) is 12.2 Å². The summed E-state index contributed by atoms with van der Waals surface area (Å²) in [5, 5.41) is 7.60. The number of carboxylic acid groups (broad SMARTS) is 1. The lowest BCUT2D eigenvalue weighted by Crippen LogP contribution is -2.15. The van der Waals surface area contributed by atoms with Crippen LogP contribution >= 0.6 is 0 Å². The molecule has 23 heavy (non-hydrogen) atoms. The Hall–Kier alpha value is -2.41. The lowest BCUT2D eigenvalue weighted by molar-refractivity contribution is -0.141. The molecule has 0 unspecified atom stereocenters. The van der Waals surface area contributed by atoms with Gasteiger partial charge in [-0.2, -0.15) is 0 Å². The molecule has 0 aliphatic carbocycles. The highest BCUT2D eigenvalue weighted by Crippen LogP contribution is 1.98. The summed E-state index contributed by atoms with van der Waals surface area (Å²) in [6.07, 6.45) is 3.70. The predicted octanol–water partition coefficient (Wildman–Crippen LogP) is 1.89. The van der Waals surface area contributed by atoms with Crippen LogP contribution in [0.15, 0.2) is 37.5 Å². The Kier molecular flexibility index (Phi) is 15.9. The largest absolute Gasteiger partial charge is 0.478 e. The van der Waals surface area contributed by atoms with Crippen LogP contribution in [0, 0.1) is 0 Å². The molecule has 0 bridgehead atoms. The maximum atomic E-state index is 11.3. The molecule has 7 heteroatoms. The Morgan fingerprint density at radius 1 is 1.04 bits per heavy atom. The Bertz CT molecular complexity index is 413. The summed E-state index contributed by atoms with van der Waals surface area (Å²) in [6, 6.07) is 0. The van der Waals surface area contributed by atoms with E-state index in [1.54, 1.807) is 0 Å². The van der Waals surface area contributed by atoms with Crippen LogP contribution in [0.4, 0.5) is 0 Å². The van der Waals surface area contributed by atoms with Crippen LogP contribution in [0.2, 0.25) is 0 Å². The molecule has 0 rings (SSSR count). The minimum absolute atomic E-state index is 0.0661. The molecule has 0 saturated heterocycles. The van der Waals surface area contributed by atoms with E-state index in [1.807, 2.05) is 6.92 Å². The number of carbonyl (C=O) groups is 3. The Morgan fingerprint density at radius 3 is 2.13 bits per heavy atom. The zero-order chi connectivity index (χ0) is 18.1. The van der Waals surface area contributed by atoms with E-state index in [0.29, 0.717) is 6.61 Å². The van der Waals surface area contributed by atoms with E-state index >= 15 is 0 Å². The highest BCUT2D eigenvalue weighted by molar-refractivity contribution is 5.87. The van der Waals surface area contributed by atoms with Crippen LogP contribution in [-0.2, 0) is 28.6 Å². The predicted molar refractivity (Wildman–Crippen MR) is 84.8 cm³/mol. The molecule has 0 atom stereocenters. The summed E-state index contributed by atoms with van der Waals surface area (Å²) >= 11 is 0. The summed E-state index contributed by atoms with van der Waals surface area (Å²) in [6.45, 7) is 12.6. The maximum absolute atomic E-state index is 11.3. The van der Waals surface area contributed by atoms with Crippen LogP contribution in [0.5, 0.6) is 0 Å². The lowest BCUT2D eigenvalue weighted by atomic mass is 10.3. The molecule has 7 nitrogen and oxygen atoms in total. The van der Waals surface area contributed by atoms with Crippen LogP contribution < -0.4 is 0 Å². The first-order chi connectivity index (χ1) is 10.9. The normalized spacial score (nSPS) is 8.91. The van der Waals surface area contributed by atoms with Crippen molar-refractivity contribution in [2.24, 2.45) is 0 Å². The highest BCUT2D eigenvalue weighted by atomic mass is 16.6. The second-order valence-corrected chi connectivity index (χ2v) is 4.06. The van der Waals surface area contributed by atoms with Crippen molar-refractivity contribution in [3.8, 4) is 0 Å². The molecule has 0 spiro atoms. The van der Waals surface area contributed by atoms with E-state index in [1.165, 1.54) is 0 Å². The second kappa shape index (κ2) is 16.0. The second-order valence-electron chi connectivity index (χ2n) is 4.06. The minimum atomic E-state index is -0.981. The maximum Gasteiger partial charge on any atom is 0.335 e. The average molecular weight is 328 g/mol. The number of carbonyl (C=O) groups excluding carboxylic acids is 2. The fraction of sp³-hybridized carbons (Fsp3) is 0.438. The van der Waals surface area contributed by atoms with Gasteiger partial charge in [0.1, 0.15) is 6.61 Å². The van der Waals surface area contributed by atoms with Gasteiger partial charge in [-0.3, -0.25) is 0 Å². The molecule has 0 aromatic carbocycles. The van der Waals surface area contributed by atoms with E-state index < -0.39 is 17.9 Å². The average Bonchev–Trinajstić information content (AvgIpc) is 2.54. The standard InChI is InChI=1S/C13H20O5.C3H4O2/c1-4-6-7-18-13(15)11(3)10-16-8-9-17-12(14)5-2;1-2-3(4)5/h5H,2-4,6-10H2,1H3;2H,1H2,(H,4,5). The Morgan fingerprint density at radius 2 is 1.65 bits per heavy atom. The van der Waals surface area contributed by atoms with Crippen LogP contribution in [0.1, 0.15) is 19.8 Å². The van der Waals surface area contributed by atoms with Gasteiger partial charge in [-0.05, 0) is 6.42 Å². The van der Waals surface area contributed by atoms with Gasteiger partial charge in [0.05, 0.1) is 25.4 Å². The van der Waals surface area contributed by atoms with Gasteiger partial charge in [-0.25, -0.2) is 14.4 Å². The van der Waals surface area contributed by atoms with Crippen molar-refractivity contribution in [2.75, 3.05) is 26.4 Å². The molecule has 0 heterocycles. The molecule has 0 saturated carbocycles. The van der Waals surface area contributed by atoms with Gasteiger partial charge >= 0.3 is 17.9 Å². The van der Waals surface area contributed by atoms with E-state index in [0.717, 1.165) is 25.0 Å². The van der Waals surface area contributed by atoms with Gasteiger partial charge in [-0.15, -0.1) is 0 Å². The van der Waals surface area contributed by atoms with Gasteiger partial charge in [0.2, 0.25) is 0 Å². The molecule has 0 fully saturated rings. The van der Waals surface area contributed by atoms with Crippen molar-refractivity contribution < 1.29 is 33.7 Å². The number of rotatable bonds is 11. The molecule has 0 amide bonds. The van der Waals surface area contributed by atoms with E-state index in [9.17, 15) is 14.4 Å². The van der Waals surface area contributed by atoms with Gasteiger partial charge in [-0.1, -0.05) is 33.1 Å². The van der Waals surface area contributed by atoms with E-state index in [-0.39, 0.29) is 25.4 Å². The minimum Gasteiger partial charge on any atom is -0.478 e. The highest BCUT2D eigenvalue weighted by Gasteiger charge is 2.08. The Labute approximate surface area is 136 Å². The smallest absolute Gasteiger partial charge is 0.335 e. The molecule has 1 N–H and O–H groups in total. The topological polar surface area (TPSA) is 99.1 Å². The number of ether oxygens (including phenoxy) is 3. The van der Waals surface area contributed by atoms with Crippen LogP contribution in [-0.4, -0.2) is 49.4 Å². The number of unbranched alkanes of at least 4 members (excludes halogenated alkanes) is 1. The van der Waals surface area contributed by atoms with Crippen molar-refractivity contribution in [3.63, 3.8) is 0 Å². The number of carboxylic acids is 1. The molecule has 0 aromatic heterocycles. The number of aliphatic carboxylic acids is 1. The zero-order valence-corrected chi connectivity index (χ0v) is 13.4. The van der Waals surface area contributed by atoms with Gasteiger partial charge in [0.25, 0.3) is 0 Å². The first-order valence-electron chi connectivity index (χ1n) is 6.96. The fourth-order valence-corrected chi connectivity index (χ4v) is 0.926. The van der Waals surface area contributed by atoms with E-state index in [4.69, 9.17) is 14.6 Å². The third-order valence-electron chi connectivity index (χ3n) is 2.11. The zero-order valence-electron chi connectivity index (χ0n) is 13.4. The fourth-order valence-electron chi connectivity index (χ4n) is 0.926. The Balaban J connectivity index is 0. The summed E-state index contributed by atoms with van der Waals surface area (Å²) in [5.41, 5.74) is 0.251. The molecular formula is C16H24O7. The number of hydrogen-bond acceptors (Lipinski definition) is 6. The monoisotopic (exact) mass is 328 g/mol. The first-order valence-corrected chi connectivity index (χ1v) is 6.96. The molecular weight excluding hydrogens is 304 g/mol. The van der Waals surface area contributed by atoms with Crippen LogP contribution in [0.3, 0.4) is 0 Å². The third kappa shape index (κ3) is 17.5. The number of esters is 2. The van der Waals surface area contributed by atoms with Crippen molar-refractivity contribution in [3.05, 3.63) is 37.5 Å². The summed E-state index contributed by atoms with van der Waals surface area (Å²) < 4.78 is 14.7. The van der Waals surface area contributed by atoms with Crippen molar-refractivity contribution in [2.45, 2.75) is 19.8 Å². The molecule has 0 aliphatic heterocycles. The first kappa shape index (κ1) is 22.9. The quantitative estimate of drug-likeness (QED) is 0.351. The van der Waals surface area contributed by atoms with Crippen molar-refractivity contribution in [1.82, 2.24) is 0 Å². The van der Waals surface area contributed by atoms with Gasteiger partial charge < -0.3 is 19.3 Å². The number of hydrogen-bond donors (Lipinski definition) is 1. The van der Waals surface area contributed by atoms with Crippen LogP contribution in [0.25, 0.3) is 0 Å². The molecule has 0 radical (unpaired) electrons. The summed E-state index contributed by atoms with van der Waals surface area (Å²) in [4.78, 5) is 31.3. The summed E-state index contributed by atoms with van der Waals surface area (Å²) in [7, 11) is 0. The SMILES string of the molecule is C=CC(=O)O.C=CC(=O)OCCOCC(=C)C(=O)OCCCC. The van der Waals surface area contributed by atoms with Crippen molar-refractivity contribution in [1.29, 1.82) is 0 Å². The van der Waals surface area contributed by atoms with Gasteiger partial charge in [0.15, 0.2) is 0 Å². The summed E-state index contributed by atoms with van der Waals surface area (Å²) in [5.74, 6) is -1.94. The van der Waals surface area contributed by atoms with Crippen molar-refractivity contribution >= 4 is 17.9 Å². The van der Waals surface area contributed by atoms with E-state index in [2.05, 4.69) is 24.5 Å².